The van der Waals surface area contributed by atoms with Crippen LogP contribution >= 0.6 is 0 Å². The van der Waals surface area contributed by atoms with Crippen LogP contribution in [0.5, 0.6) is 0 Å². The van der Waals surface area contributed by atoms with Gasteiger partial charge in [0.1, 0.15) is 5.82 Å². The predicted molar refractivity (Wildman–Crippen MR) is 82.7 cm³/mol. The maximum absolute atomic E-state index is 9.75. The van der Waals surface area contributed by atoms with Crippen molar-refractivity contribution in [2.45, 2.75) is 51.9 Å². The number of nitrogens with two attached hydrogens (primary N) is 1. The third-order valence-corrected chi connectivity index (χ3v) is 4.53. The first kappa shape index (κ1) is 15.2. The number of rotatable bonds is 6. The van der Waals surface area contributed by atoms with Gasteiger partial charge in [-0.15, -0.1) is 0 Å². The fraction of sp³-hybridized carbons (Fsp3) is 0.800. The Hall–Kier alpha value is -1.23. The van der Waals surface area contributed by atoms with Crippen LogP contribution in [-0.2, 0) is 13.5 Å². The molecule has 1 aromatic rings. The van der Waals surface area contributed by atoms with E-state index in [1.165, 1.54) is 19.3 Å². The molecule has 1 aliphatic carbocycles. The van der Waals surface area contributed by atoms with Gasteiger partial charge in [-0.3, -0.25) is 4.68 Å². The quantitative estimate of drug-likeness (QED) is 0.747. The second-order valence-electron chi connectivity index (χ2n) is 6.15. The lowest BCUT2D eigenvalue weighted by Crippen LogP contribution is -2.36. The van der Waals surface area contributed by atoms with Crippen molar-refractivity contribution in [1.82, 2.24) is 9.78 Å². The van der Waals surface area contributed by atoms with Crippen molar-refractivity contribution in [3.05, 3.63) is 5.69 Å². The van der Waals surface area contributed by atoms with Gasteiger partial charge in [0, 0.05) is 19.0 Å². The van der Waals surface area contributed by atoms with Gasteiger partial charge >= 0.3 is 0 Å². The molecule has 0 radical (unpaired) electrons. The van der Waals surface area contributed by atoms with Gasteiger partial charge in [-0.1, -0.05) is 32.6 Å². The van der Waals surface area contributed by atoms with Crippen LogP contribution in [0.15, 0.2) is 0 Å². The molecule has 0 aromatic carbocycles. The zero-order chi connectivity index (χ0) is 14.6. The second-order valence-corrected chi connectivity index (χ2v) is 6.15. The Labute approximate surface area is 121 Å². The topological polar surface area (TPSA) is 76.1 Å². The first-order chi connectivity index (χ1) is 9.62. The van der Waals surface area contributed by atoms with Crippen LogP contribution in [0, 0.1) is 5.41 Å². The molecule has 1 saturated carbocycles. The third kappa shape index (κ3) is 3.08. The zero-order valence-corrected chi connectivity index (χ0v) is 12.8. The highest BCUT2D eigenvalue weighted by Gasteiger charge is 2.31. The molecular weight excluding hydrogens is 252 g/mol. The number of anilines is 2. The highest BCUT2D eigenvalue weighted by atomic mass is 16.3. The maximum atomic E-state index is 9.75. The average Bonchev–Trinajstić information content (AvgIpc) is 2.73. The van der Waals surface area contributed by atoms with Crippen molar-refractivity contribution in [2.75, 3.05) is 24.2 Å². The van der Waals surface area contributed by atoms with Crippen molar-refractivity contribution in [3.8, 4) is 0 Å². The Balaban J connectivity index is 2.06. The van der Waals surface area contributed by atoms with Crippen LogP contribution in [0.25, 0.3) is 0 Å². The number of aliphatic hydroxyl groups is 1. The molecule has 5 heteroatoms. The summed E-state index contributed by atoms with van der Waals surface area (Å²) in [7, 11) is 1.92. The van der Waals surface area contributed by atoms with E-state index in [1.54, 1.807) is 0 Å². The van der Waals surface area contributed by atoms with Gasteiger partial charge in [-0.05, 0) is 19.3 Å². The van der Waals surface area contributed by atoms with Crippen molar-refractivity contribution in [2.24, 2.45) is 12.5 Å². The predicted octanol–water partition coefficient (Wildman–Crippen LogP) is 2.31. The van der Waals surface area contributed by atoms with Gasteiger partial charge in [0.05, 0.1) is 18.0 Å². The van der Waals surface area contributed by atoms with E-state index in [-0.39, 0.29) is 12.0 Å². The molecule has 0 bridgehead atoms. The second kappa shape index (κ2) is 6.48. The molecule has 0 spiro atoms. The van der Waals surface area contributed by atoms with Crippen LogP contribution in [0.1, 0.15) is 51.1 Å². The van der Waals surface area contributed by atoms with E-state index >= 15 is 0 Å². The summed E-state index contributed by atoms with van der Waals surface area (Å²) in [6, 6.07) is 0. The van der Waals surface area contributed by atoms with Crippen molar-refractivity contribution in [1.29, 1.82) is 0 Å². The molecule has 4 N–H and O–H groups in total. The molecule has 0 aliphatic heterocycles. The van der Waals surface area contributed by atoms with Crippen molar-refractivity contribution < 1.29 is 5.11 Å². The van der Waals surface area contributed by atoms with Crippen molar-refractivity contribution in [3.63, 3.8) is 0 Å². The van der Waals surface area contributed by atoms with E-state index in [2.05, 4.69) is 17.3 Å². The molecule has 20 heavy (non-hydrogen) atoms. The Morgan fingerprint density at radius 3 is 2.65 bits per heavy atom. The zero-order valence-electron chi connectivity index (χ0n) is 12.8. The van der Waals surface area contributed by atoms with Gasteiger partial charge in [-0.25, -0.2) is 0 Å². The summed E-state index contributed by atoms with van der Waals surface area (Å²) >= 11 is 0. The number of hydrogen-bond acceptors (Lipinski definition) is 4. The minimum Gasteiger partial charge on any atom is -0.396 e. The Kier molecular flexibility index (Phi) is 4.91. The Bertz CT molecular complexity index is 435. The molecular formula is C15H28N4O. The highest BCUT2D eigenvalue weighted by molar-refractivity contribution is 5.65. The van der Waals surface area contributed by atoms with E-state index in [0.29, 0.717) is 0 Å². The summed E-state index contributed by atoms with van der Waals surface area (Å²) in [5.41, 5.74) is 7.93. The monoisotopic (exact) mass is 280 g/mol. The smallest absolute Gasteiger partial charge is 0.147 e. The molecule has 2 rings (SSSR count). The van der Waals surface area contributed by atoms with Crippen LogP contribution in [0.3, 0.4) is 0 Å². The van der Waals surface area contributed by atoms with E-state index in [4.69, 9.17) is 5.73 Å². The lowest BCUT2D eigenvalue weighted by Gasteiger charge is -2.36. The minimum absolute atomic E-state index is 0.0138. The molecule has 0 atom stereocenters. The van der Waals surface area contributed by atoms with Crippen LogP contribution < -0.4 is 11.1 Å². The molecule has 0 unspecified atom stereocenters. The molecule has 1 aromatic heterocycles. The molecule has 1 fully saturated rings. The lowest BCUT2D eigenvalue weighted by molar-refractivity contribution is 0.0942. The third-order valence-electron chi connectivity index (χ3n) is 4.53. The number of aliphatic hydroxyl groups excluding tert-OH is 1. The summed E-state index contributed by atoms with van der Waals surface area (Å²) in [6.45, 7) is 3.16. The summed E-state index contributed by atoms with van der Waals surface area (Å²) in [6.07, 6.45) is 7.85. The van der Waals surface area contributed by atoms with Gasteiger partial charge in [0.2, 0.25) is 0 Å². The minimum atomic E-state index is 0.0138. The van der Waals surface area contributed by atoms with Crippen LogP contribution in [0.4, 0.5) is 11.5 Å². The van der Waals surface area contributed by atoms with E-state index < -0.39 is 0 Å². The van der Waals surface area contributed by atoms with Gasteiger partial charge in [0.25, 0.3) is 0 Å². The number of hydrogen-bond donors (Lipinski definition) is 3. The van der Waals surface area contributed by atoms with Crippen LogP contribution in [-0.4, -0.2) is 28.0 Å². The average molecular weight is 280 g/mol. The number of nitrogens with zero attached hydrogens (tertiary/aromatic N) is 2. The van der Waals surface area contributed by atoms with E-state index in [0.717, 1.165) is 49.4 Å². The van der Waals surface area contributed by atoms with Gasteiger partial charge in [-0.2, -0.15) is 5.10 Å². The Morgan fingerprint density at radius 1 is 1.35 bits per heavy atom. The largest absolute Gasteiger partial charge is 0.396 e. The first-order valence-electron chi connectivity index (χ1n) is 7.78. The number of nitrogens with one attached hydrogen (secondary N) is 1. The summed E-state index contributed by atoms with van der Waals surface area (Å²) in [5, 5.41) is 17.7. The summed E-state index contributed by atoms with van der Waals surface area (Å²) in [4.78, 5) is 0. The number of aryl methyl sites for hydroxylation is 2. The molecule has 1 aliphatic rings. The first-order valence-corrected chi connectivity index (χ1v) is 7.78. The van der Waals surface area contributed by atoms with E-state index in [1.807, 2.05) is 11.7 Å². The Morgan fingerprint density at radius 2 is 2.05 bits per heavy atom. The van der Waals surface area contributed by atoms with Crippen molar-refractivity contribution >= 4 is 11.5 Å². The summed E-state index contributed by atoms with van der Waals surface area (Å²) in [5.74, 6) is 0.895. The van der Waals surface area contributed by atoms with Crippen LogP contribution in [0.2, 0.25) is 0 Å². The highest BCUT2D eigenvalue weighted by Crippen LogP contribution is 2.36. The molecule has 5 nitrogen and oxygen atoms in total. The van der Waals surface area contributed by atoms with Gasteiger partial charge < -0.3 is 16.2 Å². The SMILES string of the molecule is CCCc1nn(C)c(NCC2(CO)CCCCC2)c1N. The fourth-order valence-corrected chi connectivity index (χ4v) is 3.19. The molecule has 0 saturated heterocycles. The maximum Gasteiger partial charge on any atom is 0.147 e. The molecule has 0 amide bonds. The number of nitrogen functional groups attached to an aromatic ring is 1. The normalized spacial score (nSPS) is 18.1. The summed E-state index contributed by atoms with van der Waals surface area (Å²) < 4.78 is 1.83. The van der Waals surface area contributed by atoms with Gasteiger partial charge in [0.15, 0.2) is 0 Å². The fourth-order valence-electron chi connectivity index (χ4n) is 3.19. The van der Waals surface area contributed by atoms with E-state index in [9.17, 15) is 5.11 Å². The lowest BCUT2D eigenvalue weighted by atomic mass is 9.74. The molecule has 1 heterocycles. The standard InChI is InChI=1S/C15H28N4O/c1-3-7-12-13(16)14(19(2)18-12)17-10-15(11-20)8-5-4-6-9-15/h17,20H,3-11,16H2,1-2H3. The number of aromatic nitrogens is 2. The molecule has 114 valence electrons.